The van der Waals surface area contributed by atoms with Gasteiger partial charge in [-0.2, -0.15) is 0 Å². The lowest BCUT2D eigenvalue weighted by molar-refractivity contribution is 0.278. The predicted molar refractivity (Wildman–Crippen MR) is 47.1 cm³/mol. The molecule has 0 nitrogen and oxygen atoms in total. The van der Waals surface area contributed by atoms with E-state index in [2.05, 4.69) is 5.92 Å². The lowest BCUT2D eigenvalue weighted by Gasteiger charge is -2.26. The van der Waals surface area contributed by atoms with Gasteiger partial charge in [0.15, 0.2) is 0 Å². The molecule has 60 valence electrons. The maximum atomic E-state index is 5.55. The molecule has 11 heavy (non-hydrogen) atoms. The van der Waals surface area contributed by atoms with Crippen molar-refractivity contribution in [2.45, 2.75) is 44.9 Å². The third-order valence-electron chi connectivity index (χ3n) is 3.46. The molecule has 0 bridgehead atoms. The van der Waals surface area contributed by atoms with Crippen LogP contribution in [0.3, 0.4) is 0 Å². The molecule has 2 rings (SSSR count). The molecule has 0 saturated heterocycles. The van der Waals surface area contributed by atoms with Gasteiger partial charge in [-0.25, -0.2) is 0 Å². The van der Waals surface area contributed by atoms with Crippen LogP contribution in [0.15, 0.2) is 0 Å². The molecule has 0 heteroatoms. The molecule has 0 atom stereocenters. The highest BCUT2D eigenvalue weighted by atomic mass is 14.5. The Balaban J connectivity index is 1.99. The van der Waals surface area contributed by atoms with Crippen LogP contribution >= 0.6 is 0 Å². The lowest BCUT2D eigenvalue weighted by atomic mass is 9.78. The third kappa shape index (κ3) is 1.18. The quantitative estimate of drug-likeness (QED) is 0.501. The Labute approximate surface area is 69.4 Å². The summed E-state index contributed by atoms with van der Waals surface area (Å²) < 4.78 is 0. The van der Waals surface area contributed by atoms with Crippen molar-refractivity contribution in [1.29, 1.82) is 0 Å². The van der Waals surface area contributed by atoms with Crippen LogP contribution < -0.4 is 0 Å². The SMILES string of the molecule is C#CC1(C2CCCCC2)CC1. The minimum absolute atomic E-state index is 0.389. The first-order valence-electron chi connectivity index (χ1n) is 4.85. The summed E-state index contributed by atoms with van der Waals surface area (Å²) in [6.45, 7) is 0. The number of rotatable bonds is 1. The summed E-state index contributed by atoms with van der Waals surface area (Å²) in [5.74, 6) is 3.91. The van der Waals surface area contributed by atoms with Crippen LogP contribution in [0, 0.1) is 23.7 Å². The number of hydrogen-bond acceptors (Lipinski definition) is 0. The molecule has 0 aliphatic heterocycles. The first-order chi connectivity index (χ1) is 5.37. The molecule has 0 aromatic heterocycles. The normalized spacial score (nSPS) is 29.4. The van der Waals surface area contributed by atoms with Crippen molar-refractivity contribution >= 4 is 0 Å². The summed E-state index contributed by atoms with van der Waals surface area (Å²) >= 11 is 0. The summed E-state index contributed by atoms with van der Waals surface area (Å²) in [4.78, 5) is 0. The van der Waals surface area contributed by atoms with Gasteiger partial charge in [-0.3, -0.25) is 0 Å². The van der Waals surface area contributed by atoms with E-state index in [4.69, 9.17) is 6.42 Å². The predicted octanol–water partition coefficient (Wildman–Crippen LogP) is 2.98. The average Bonchev–Trinajstić information content (AvgIpc) is 2.86. The summed E-state index contributed by atoms with van der Waals surface area (Å²) in [7, 11) is 0. The zero-order valence-electron chi connectivity index (χ0n) is 7.10. The van der Waals surface area contributed by atoms with Crippen molar-refractivity contribution in [3.8, 4) is 12.3 Å². The van der Waals surface area contributed by atoms with Crippen molar-refractivity contribution in [2.24, 2.45) is 11.3 Å². The first kappa shape index (κ1) is 7.22. The van der Waals surface area contributed by atoms with Gasteiger partial charge in [0, 0.05) is 5.41 Å². The van der Waals surface area contributed by atoms with Crippen molar-refractivity contribution in [3.05, 3.63) is 0 Å². The molecule has 0 amide bonds. The number of hydrogen-bond donors (Lipinski definition) is 0. The third-order valence-corrected chi connectivity index (χ3v) is 3.46. The first-order valence-corrected chi connectivity index (χ1v) is 4.85. The standard InChI is InChI=1S/C11H16/c1-2-11(8-9-11)10-6-4-3-5-7-10/h1,10H,3-9H2. The van der Waals surface area contributed by atoms with Gasteiger partial charge in [-0.05, 0) is 31.6 Å². The van der Waals surface area contributed by atoms with E-state index in [9.17, 15) is 0 Å². The zero-order chi connectivity index (χ0) is 7.73. The van der Waals surface area contributed by atoms with Crippen molar-refractivity contribution in [1.82, 2.24) is 0 Å². The highest BCUT2D eigenvalue weighted by Crippen LogP contribution is 2.55. The molecule has 0 spiro atoms. The topological polar surface area (TPSA) is 0 Å². The summed E-state index contributed by atoms with van der Waals surface area (Å²) in [6, 6.07) is 0. The second-order valence-electron chi connectivity index (χ2n) is 4.14. The van der Waals surface area contributed by atoms with Gasteiger partial charge >= 0.3 is 0 Å². The second kappa shape index (κ2) is 2.55. The van der Waals surface area contributed by atoms with E-state index < -0.39 is 0 Å². The van der Waals surface area contributed by atoms with Crippen LogP contribution in [0.2, 0.25) is 0 Å². The molecule has 2 fully saturated rings. The Kier molecular flexibility index (Phi) is 1.68. The highest BCUT2D eigenvalue weighted by Gasteiger charge is 2.47. The van der Waals surface area contributed by atoms with Gasteiger partial charge in [-0.15, -0.1) is 6.42 Å². The minimum Gasteiger partial charge on any atom is -0.120 e. The minimum atomic E-state index is 0.389. The van der Waals surface area contributed by atoms with Crippen molar-refractivity contribution in [2.75, 3.05) is 0 Å². The van der Waals surface area contributed by atoms with E-state index in [-0.39, 0.29) is 0 Å². The fourth-order valence-electron chi connectivity index (χ4n) is 2.46. The smallest absolute Gasteiger partial charge is 0.0341 e. The van der Waals surface area contributed by atoms with Crippen molar-refractivity contribution in [3.63, 3.8) is 0 Å². The van der Waals surface area contributed by atoms with Gasteiger partial charge < -0.3 is 0 Å². The molecule has 2 saturated carbocycles. The van der Waals surface area contributed by atoms with Gasteiger partial charge in [0.05, 0.1) is 0 Å². The molecule has 2 aliphatic carbocycles. The van der Waals surface area contributed by atoms with Gasteiger partial charge in [0.2, 0.25) is 0 Å². The second-order valence-corrected chi connectivity index (χ2v) is 4.14. The monoisotopic (exact) mass is 148 g/mol. The Morgan fingerprint density at radius 3 is 2.18 bits per heavy atom. The van der Waals surface area contributed by atoms with Crippen LogP contribution in [-0.2, 0) is 0 Å². The molecule has 0 heterocycles. The van der Waals surface area contributed by atoms with Crippen LogP contribution in [0.4, 0.5) is 0 Å². The molecule has 0 radical (unpaired) electrons. The summed E-state index contributed by atoms with van der Waals surface area (Å²) in [5, 5.41) is 0. The Morgan fingerprint density at radius 1 is 1.09 bits per heavy atom. The Hall–Kier alpha value is -0.440. The molecule has 0 unspecified atom stereocenters. The van der Waals surface area contributed by atoms with Gasteiger partial charge in [-0.1, -0.05) is 25.2 Å². The largest absolute Gasteiger partial charge is 0.120 e. The van der Waals surface area contributed by atoms with Crippen molar-refractivity contribution < 1.29 is 0 Å². The molecule has 2 aliphatic rings. The molecule has 0 aromatic rings. The van der Waals surface area contributed by atoms with E-state index >= 15 is 0 Å². The van der Waals surface area contributed by atoms with Crippen LogP contribution in [0.5, 0.6) is 0 Å². The molecular weight excluding hydrogens is 132 g/mol. The van der Waals surface area contributed by atoms with E-state index in [1.54, 1.807) is 0 Å². The summed E-state index contributed by atoms with van der Waals surface area (Å²) in [5.41, 5.74) is 0.389. The lowest BCUT2D eigenvalue weighted by Crippen LogP contribution is -2.17. The number of terminal acetylenes is 1. The zero-order valence-corrected chi connectivity index (χ0v) is 7.10. The molecule has 0 N–H and O–H groups in total. The van der Waals surface area contributed by atoms with Crippen LogP contribution in [0.1, 0.15) is 44.9 Å². The summed E-state index contributed by atoms with van der Waals surface area (Å²) in [6.07, 6.45) is 15.3. The van der Waals surface area contributed by atoms with Gasteiger partial charge in [0.1, 0.15) is 0 Å². The van der Waals surface area contributed by atoms with E-state index in [0.717, 1.165) is 5.92 Å². The fourth-order valence-corrected chi connectivity index (χ4v) is 2.46. The van der Waals surface area contributed by atoms with E-state index in [1.165, 1.54) is 44.9 Å². The fraction of sp³-hybridized carbons (Fsp3) is 0.818. The van der Waals surface area contributed by atoms with E-state index in [1.807, 2.05) is 0 Å². The van der Waals surface area contributed by atoms with Crippen LogP contribution in [-0.4, -0.2) is 0 Å². The maximum Gasteiger partial charge on any atom is 0.0341 e. The van der Waals surface area contributed by atoms with Crippen LogP contribution in [0.25, 0.3) is 0 Å². The average molecular weight is 148 g/mol. The molecular formula is C11H16. The Bertz CT molecular complexity index is 175. The highest BCUT2D eigenvalue weighted by molar-refractivity contribution is 5.17. The molecule has 0 aromatic carbocycles. The maximum absolute atomic E-state index is 5.55. The van der Waals surface area contributed by atoms with Gasteiger partial charge in [0.25, 0.3) is 0 Å². The Morgan fingerprint density at radius 2 is 1.73 bits per heavy atom. The van der Waals surface area contributed by atoms with E-state index in [0.29, 0.717) is 5.41 Å².